The zero-order valence-corrected chi connectivity index (χ0v) is 14.0. The first kappa shape index (κ1) is 16.4. The lowest BCUT2D eigenvalue weighted by molar-refractivity contribution is -0.119. The van der Waals surface area contributed by atoms with E-state index in [0.717, 1.165) is 5.69 Å². The molecule has 25 heavy (non-hydrogen) atoms. The number of nitrogens with one attached hydrogen (secondary N) is 1. The van der Waals surface area contributed by atoms with Crippen molar-refractivity contribution in [2.45, 2.75) is 13.8 Å². The second kappa shape index (κ2) is 7.00. The molecular formula is C19H18N4O2. The molecule has 0 saturated heterocycles. The van der Waals surface area contributed by atoms with Crippen molar-refractivity contribution in [1.29, 1.82) is 0 Å². The van der Waals surface area contributed by atoms with E-state index >= 15 is 0 Å². The van der Waals surface area contributed by atoms with Crippen LogP contribution in [0.4, 0.5) is 11.4 Å². The summed E-state index contributed by atoms with van der Waals surface area (Å²) in [5.41, 5.74) is 5.15. The van der Waals surface area contributed by atoms with Crippen LogP contribution in [0.3, 0.4) is 0 Å². The predicted molar refractivity (Wildman–Crippen MR) is 97.9 cm³/mol. The Morgan fingerprint density at radius 1 is 1.08 bits per heavy atom. The lowest BCUT2D eigenvalue weighted by Gasteiger charge is -2.21. The number of carbonyl (C=O) groups is 2. The molecule has 1 aliphatic rings. The Morgan fingerprint density at radius 3 is 2.28 bits per heavy atom. The van der Waals surface area contributed by atoms with Crippen LogP contribution in [0, 0.1) is 0 Å². The van der Waals surface area contributed by atoms with Crippen LogP contribution in [0.25, 0.3) is 0 Å². The van der Waals surface area contributed by atoms with E-state index in [0.29, 0.717) is 17.0 Å². The van der Waals surface area contributed by atoms with Gasteiger partial charge in [-0.1, -0.05) is 36.4 Å². The first-order valence-corrected chi connectivity index (χ1v) is 7.84. The molecule has 2 amide bonds. The Morgan fingerprint density at radius 2 is 1.68 bits per heavy atom. The molecular weight excluding hydrogens is 316 g/mol. The van der Waals surface area contributed by atoms with Crippen molar-refractivity contribution in [1.82, 2.24) is 5.43 Å². The van der Waals surface area contributed by atoms with Gasteiger partial charge in [0.25, 0.3) is 5.91 Å². The highest BCUT2D eigenvalue weighted by molar-refractivity contribution is 6.29. The lowest BCUT2D eigenvalue weighted by Crippen LogP contribution is -2.38. The maximum Gasteiger partial charge on any atom is 0.282 e. The lowest BCUT2D eigenvalue weighted by atomic mass is 10.2. The van der Waals surface area contributed by atoms with Crippen LogP contribution >= 0.6 is 0 Å². The molecule has 0 radical (unpaired) electrons. The van der Waals surface area contributed by atoms with Gasteiger partial charge in [0.2, 0.25) is 5.91 Å². The van der Waals surface area contributed by atoms with E-state index in [9.17, 15) is 9.59 Å². The highest BCUT2D eigenvalue weighted by Gasteiger charge is 2.29. The topological polar surface area (TPSA) is 65.0 Å². The van der Waals surface area contributed by atoms with Crippen LogP contribution in [0.15, 0.2) is 77.5 Å². The number of nitrogens with zero attached hydrogens (tertiary/aromatic N) is 3. The third-order valence-corrected chi connectivity index (χ3v) is 3.63. The largest absolute Gasteiger partial charge is 0.282 e. The molecule has 1 heterocycles. The fourth-order valence-corrected chi connectivity index (χ4v) is 2.47. The molecule has 0 aromatic heterocycles. The molecule has 1 aliphatic heterocycles. The second-order valence-electron chi connectivity index (χ2n) is 5.55. The number of rotatable bonds is 4. The summed E-state index contributed by atoms with van der Waals surface area (Å²) in [5.74, 6) is -0.476. The monoisotopic (exact) mass is 334 g/mol. The summed E-state index contributed by atoms with van der Waals surface area (Å²) < 4.78 is 0. The van der Waals surface area contributed by atoms with Crippen molar-refractivity contribution in [3.8, 4) is 0 Å². The molecule has 1 N–H and O–H groups in total. The zero-order chi connectivity index (χ0) is 17.8. The summed E-state index contributed by atoms with van der Waals surface area (Å²) in [6.07, 6.45) is 1.60. The highest BCUT2D eigenvalue weighted by atomic mass is 16.2. The van der Waals surface area contributed by atoms with Crippen molar-refractivity contribution in [2.75, 3.05) is 10.0 Å². The number of anilines is 2. The molecule has 6 heteroatoms. The molecule has 0 fully saturated rings. The van der Waals surface area contributed by atoms with Gasteiger partial charge in [0.05, 0.1) is 22.7 Å². The van der Waals surface area contributed by atoms with Gasteiger partial charge in [-0.2, -0.15) is 10.1 Å². The fraction of sp³-hybridized carbons (Fsp3) is 0.105. The number of hydrazone groups is 1. The zero-order valence-electron chi connectivity index (χ0n) is 14.0. The standard InChI is InChI=1S/C19H18N4O2/c1-14-18(19(25)23(20-14)17-11-7-4-8-12-17)13-22(21-15(2)24)16-9-5-3-6-10-16/h3-13H,1-2H3,(H,21,24)/b18-13-. The van der Waals surface area contributed by atoms with Gasteiger partial charge in [0, 0.05) is 13.1 Å². The number of benzene rings is 2. The molecule has 0 saturated carbocycles. The predicted octanol–water partition coefficient (Wildman–Crippen LogP) is 2.85. The van der Waals surface area contributed by atoms with Crippen molar-refractivity contribution in [3.05, 3.63) is 72.4 Å². The second-order valence-corrected chi connectivity index (χ2v) is 5.55. The van der Waals surface area contributed by atoms with Gasteiger partial charge in [-0.3, -0.25) is 20.0 Å². The molecule has 0 unspecified atom stereocenters. The minimum atomic E-state index is -0.241. The van der Waals surface area contributed by atoms with E-state index in [4.69, 9.17) is 0 Å². The Bertz CT molecular complexity index is 844. The molecule has 2 aromatic rings. The summed E-state index contributed by atoms with van der Waals surface area (Å²) in [4.78, 5) is 24.3. The van der Waals surface area contributed by atoms with Gasteiger partial charge in [0.1, 0.15) is 0 Å². The van der Waals surface area contributed by atoms with Crippen LogP contribution < -0.4 is 15.4 Å². The van der Waals surface area contributed by atoms with E-state index in [2.05, 4.69) is 10.5 Å². The summed E-state index contributed by atoms with van der Waals surface area (Å²) in [6, 6.07) is 18.5. The van der Waals surface area contributed by atoms with Crippen LogP contribution in [0.1, 0.15) is 13.8 Å². The van der Waals surface area contributed by atoms with Crippen molar-refractivity contribution >= 4 is 28.9 Å². The van der Waals surface area contributed by atoms with Crippen LogP contribution in [0.2, 0.25) is 0 Å². The maximum atomic E-state index is 12.8. The van der Waals surface area contributed by atoms with Crippen molar-refractivity contribution < 1.29 is 9.59 Å². The highest BCUT2D eigenvalue weighted by Crippen LogP contribution is 2.24. The summed E-state index contributed by atoms with van der Waals surface area (Å²) in [6.45, 7) is 3.19. The van der Waals surface area contributed by atoms with Gasteiger partial charge in [-0.05, 0) is 31.2 Å². The molecule has 2 aromatic carbocycles. The first-order valence-electron chi connectivity index (χ1n) is 7.84. The number of para-hydroxylation sites is 2. The molecule has 3 rings (SSSR count). The van der Waals surface area contributed by atoms with Gasteiger partial charge >= 0.3 is 0 Å². The maximum absolute atomic E-state index is 12.8. The van der Waals surface area contributed by atoms with E-state index in [1.165, 1.54) is 16.9 Å². The van der Waals surface area contributed by atoms with Crippen molar-refractivity contribution in [2.24, 2.45) is 5.10 Å². The van der Waals surface area contributed by atoms with E-state index < -0.39 is 0 Å². The Labute approximate surface area is 146 Å². The third-order valence-electron chi connectivity index (χ3n) is 3.63. The number of hydrazine groups is 1. The summed E-state index contributed by atoms with van der Waals surface area (Å²) >= 11 is 0. The Balaban J connectivity index is 1.94. The van der Waals surface area contributed by atoms with Crippen LogP contribution in [-0.2, 0) is 9.59 Å². The number of carbonyl (C=O) groups excluding carboxylic acids is 2. The smallest absolute Gasteiger partial charge is 0.274 e. The van der Waals surface area contributed by atoms with Crippen LogP contribution in [-0.4, -0.2) is 17.5 Å². The van der Waals surface area contributed by atoms with Gasteiger partial charge in [0.15, 0.2) is 0 Å². The number of amides is 2. The van der Waals surface area contributed by atoms with E-state index in [1.54, 1.807) is 13.1 Å². The molecule has 6 nitrogen and oxygen atoms in total. The minimum absolute atomic E-state index is 0.236. The number of hydrogen-bond acceptors (Lipinski definition) is 4. The fourth-order valence-electron chi connectivity index (χ4n) is 2.47. The molecule has 0 aliphatic carbocycles. The van der Waals surface area contributed by atoms with Gasteiger partial charge in [-0.15, -0.1) is 0 Å². The average Bonchev–Trinajstić information content (AvgIpc) is 2.90. The molecule has 0 bridgehead atoms. The van der Waals surface area contributed by atoms with Crippen molar-refractivity contribution in [3.63, 3.8) is 0 Å². The third kappa shape index (κ3) is 3.58. The van der Waals surface area contributed by atoms with Crippen LogP contribution in [0.5, 0.6) is 0 Å². The normalized spacial score (nSPS) is 15.3. The number of hydrogen-bond donors (Lipinski definition) is 1. The average molecular weight is 334 g/mol. The van der Waals surface area contributed by atoms with Gasteiger partial charge < -0.3 is 0 Å². The Hall–Kier alpha value is -3.41. The first-order chi connectivity index (χ1) is 12.1. The SMILES string of the molecule is CC(=O)NN(/C=C1\C(=O)N(c2ccccc2)N=C1C)c1ccccc1. The Kier molecular flexibility index (Phi) is 4.61. The summed E-state index contributed by atoms with van der Waals surface area (Å²) in [7, 11) is 0. The molecule has 0 atom stereocenters. The molecule has 126 valence electrons. The molecule has 0 spiro atoms. The minimum Gasteiger partial charge on any atom is -0.274 e. The van der Waals surface area contributed by atoms with E-state index in [-0.39, 0.29) is 11.8 Å². The van der Waals surface area contributed by atoms with Gasteiger partial charge in [-0.25, -0.2) is 0 Å². The quantitative estimate of drug-likeness (QED) is 0.691. The van der Waals surface area contributed by atoms with E-state index in [1.807, 2.05) is 60.7 Å². The summed E-state index contributed by atoms with van der Waals surface area (Å²) in [5, 5.41) is 7.23.